The number of methoxy groups -OCH3 is 1. The first-order valence-corrected chi connectivity index (χ1v) is 17.2. The van der Waals surface area contributed by atoms with E-state index in [1.54, 1.807) is 0 Å². The molecule has 2 heterocycles. The summed E-state index contributed by atoms with van der Waals surface area (Å²) in [5.41, 5.74) is 0. The molecular weight excluding hydrogens is 476 g/mol. The molecule has 1 saturated carbocycles. The predicted octanol–water partition coefficient (Wildman–Crippen LogP) is 6.20. The van der Waals surface area contributed by atoms with Crippen LogP contribution < -0.4 is 0 Å². The quantitative estimate of drug-likeness (QED) is 0.170. The van der Waals surface area contributed by atoms with Gasteiger partial charge in [-0.1, -0.05) is 40.0 Å². The molecule has 2 saturated heterocycles. The molecule has 0 bridgehead atoms. The van der Waals surface area contributed by atoms with Crippen molar-refractivity contribution in [2.24, 2.45) is 11.8 Å². The van der Waals surface area contributed by atoms with E-state index in [1.165, 1.54) is 7.11 Å². The molecule has 7 nitrogen and oxygen atoms in total. The van der Waals surface area contributed by atoms with E-state index in [2.05, 4.69) is 33.9 Å². The summed E-state index contributed by atoms with van der Waals surface area (Å²) in [4.78, 5) is 11.4. The first-order chi connectivity index (χ1) is 17.0. The lowest BCUT2D eigenvalue weighted by atomic mass is 9.84. The standard InChI is InChI=1S/C28H52O7Si/c1-20-32-19-24(33-20)27-21(14-10-8-9-11-15-25(29)30-5)22(35-36(6,7)28(2,3)4)18-23(27)34-26-16-12-13-17-31-26/h20-24,26-27H,8-19H2,1-7H3/t20?,21-,22-,23+,24?,26?,27+/m0/s1. The van der Waals surface area contributed by atoms with Gasteiger partial charge in [-0.3, -0.25) is 4.79 Å². The first kappa shape index (κ1) is 30.0. The van der Waals surface area contributed by atoms with Gasteiger partial charge in [-0.25, -0.2) is 0 Å². The van der Waals surface area contributed by atoms with Gasteiger partial charge in [0, 0.05) is 18.9 Å². The van der Waals surface area contributed by atoms with Gasteiger partial charge in [0.2, 0.25) is 0 Å². The summed E-state index contributed by atoms with van der Waals surface area (Å²) in [6.07, 6.45) is 9.72. The largest absolute Gasteiger partial charge is 0.469 e. The van der Waals surface area contributed by atoms with Crippen LogP contribution in [0.3, 0.4) is 0 Å². The normalized spacial score (nSPS) is 33.7. The lowest BCUT2D eigenvalue weighted by molar-refractivity contribution is -0.203. The van der Waals surface area contributed by atoms with Crippen LogP contribution in [0.15, 0.2) is 0 Å². The Morgan fingerprint density at radius 2 is 1.78 bits per heavy atom. The molecule has 0 radical (unpaired) electrons. The summed E-state index contributed by atoms with van der Waals surface area (Å²) in [6, 6.07) is 0. The molecule has 3 unspecified atom stereocenters. The number of carbonyl (C=O) groups excluding carboxylic acids is 1. The van der Waals surface area contributed by atoms with Crippen molar-refractivity contribution in [2.75, 3.05) is 20.3 Å². The monoisotopic (exact) mass is 528 g/mol. The molecule has 0 amide bonds. The molecule has 36 heavy (non-hydrogen) atoms. The third-order valence-corrected chi connectivity index (χ3v) is 13.3. The smallest absolute Gasteiger partial charge is 0.305 e. The maximum atomic E-state index is 11.4. The Morgan fingerprint density at radius 1 is 1.03 bits per heavy atom. The first-order valence-electron chi connectivity index (χ1n) is 14.3. The average Bonchev–Trinajstić information content (AvgIpc) is 3.38. The van der Waals surface area contributed by atoms with Crippen molar-refractivity contribution < 1.29 is 32.9 Å². The maximum Gasteiger partial charge on any atom is 0.305 e. The van der Waals surface area contributed by atoms with E-state index in [-0.39, 0.29) is 47.8 Å². The third kappa shape index (κ3) is 8.24. The van der Waals surface area contributed by atoms with Gasteiger partial charge in [-0.2, -0.15) is 0 Å². The Kier molecular flexibility index (Phi) is 11.3. The van der Waals surface area contributed by atoms with Crippen LogP contribution in [0.4, 0.5) is 0 Å². The molecule has 210 valence electrons. The fraction of sp³-hybridized carbons (Fsp3) is 0.964. The minimum atomic E-state index is -1.96. The summed E-state index contributed by atoms with van der Waals surface area (Å²) in [5.74, 6) is 0.462. The predicted molar refractivity (Wildman–Crippen MR) is 142 cm³/mol. The van der Waals surface area contributed by atoms with Crippen LogP contribution in [0, 0.1) is 11.8 Å². The molecule has 3 fully saturated rings. The molecule has 8 heteroatoms. The van der Waals surface area contributed by atoms with E-state index in [4.69, 9.17) is 28.1 Å². The second kappa shape index (κ2) is 13.5. The number of unbranched alkanes of at least 4 members (excludes halogenated alkanes) is 3. The van der Waals surface area contributed by atoms with Crippen LogP contribution in [0.25, 0.3) is 0 Å². The molecule has 3 rings (SSSR count). The number of esters is 1. The Bertz CT molecular complexity index is 673. The molecule has 0 aromatic carbocycles. The minimum absolute atomic E-state index is 0.0194. The zero-order valence-electron chi connectivity index (χ0n) is 23.9. The van der Waals surface area contributed by atoms with Crippen molar-refractivity contribution in [1.29, 1.82) is 0 Å². The highest BCUT2D eigenvalue weighted by molar-refractivity contribution is 6.74. The van der Waals surface area contributed by atoms with Crippen molar-refractivity contribution in [3.05, 3.63) is 0 Å². The van der Waals surface area contributed by atoms with Crippen molar-refractivity contribution in [1.82, 2.24) is 0 Å². The molecule has 0 aromatic heterocycles. The van der Waals surface area contributed by atoms with Gasteiger partial charge in [0.05, 0.1) is 32.0 Å². The lowest BCUT2D eigenvalue weighted by Gasteiger charge is -2.40. The molecule has 7 atom stereocenters. The Balaban J connectivity index is 1.73. The fourth-order valence-corrected chi connectivity index (χ4v) is 7.07. The van der Waals surface area contributed by atoms with Crippen molar-refractivity contribution in [3.63, 3.8) is 0 Å². The van der Waals surface area contributed by atoms with Crippen LogP contribution in [-0.4, -0.2) is 65.5 Å². The van der Waals surface area contributed by atoms with Gasteiger partial charge in [-0.15, -0.1) is 0 Å². The summed E-state index contributed by atoms with van der Waals surface area (Å²) in [7, 11) is -0.508. The zero-order chi connectivity index (χ0) is 26.3. The van der Waals surface area contributed by atoms with Gasteiger partial charge in [0.15, 0.2) is 20.9 Å². The number of carbonyl (C=O) groups is 1. The van der Waals surface area contributed by atoms with Crippen molar-refractivity contribution in [3.8, 4) is 0 Å². The molecule has 0 aromatic rings. The highest BCUT2D eigenvalue weighted by Crippen LogP contribution is 2.48. The highest BCUT2D eigenvalue weighted by atomic mass is 28.4. The lowest BCUT2D eigenvalue weighted by Crippen LogP contribution is -2.45. The van der Waals surface area contributed by atoms with Crippen LogP contribution in [-0.2, 0) is 32.9 Å². The van der Waals surface area contributed by atoms with Gasteiger partial charge in [0.1, 0.15) is 0 Å². The van der Waals surface area contributed by atoms with Crippen LogP contribution in [0.1, 0.15) is 91.9 Å². The molecular formula is C28H52O7Si. The second-order valence-electron chi connectivity index (χ2n) is 12.5. The van der Waals surface area contributed by atoms with Crippen LogP contribution in [0.5, 0.6) is 0 Å². The van der Waals surface area contributed by atoms with Gasteiger partial charge in [-0.05, 0) is 69.5 Å². The number of hydrogen-bond acceptors (Lipinski definition) is 7. The van der Waals surface area contributed by atoms with Crippen LogP contribution >= 0.6 is 0 Å². The summed E-state index contributed by atoms with van der Waals surface area (Å²) >= 11 is 0. The minimum Gasteiger partial charge on any atom is -0.469 e. The van der Waals surface area contributed by atoms with Gasteiger partial charge < -0.3 is 28.1 Å². The van der Waals surface area contributed by atoms with E-state index in [1.807, 2.05) is 6.92 Å². The second-order valence-corrected chi connectivity index (χ2v) is 17.2. The number of hydrogen-bond donors (Lipinski definition) is 0. The zero-order valence-corrected chi connectivity index (χ0v) is 24.9. The number of rotatable bonds is 12. The molecule has 1 aliphatic carbocycles. The topological polar surface area (TPSA) is 72.5 Å². The van der Waals surface area contributed by atoms with E-state index in [0.717, 1.165) is 64.4 Å². The van der Waals surface area contributed by atoms with E-state index in [9.17, 15) is 4.79 Å². The Morgan fingerprint density at radius 3 is 2.39 bits per heavy atom. The summed E-state index contributed by atoms with van der Waals surface area (Å²) in [6.45, 7) is 15.0. The molecule has 2 aliphatic heterocycles. The van der Waals surface area contributed by atoms with E-state index < -0.39 is 8.32 Å². The van der Waals surface area contributed by atoms with Gasteiger partial charge in [0.25, 0.3) is 0 Å². The number of ether oxygens (including phenoxy) is 5. The molecule has 3 aliphatic rings. The summed E-state index contributed by atoms with van der Waals surface area (Å²) in [5, 5.41) is 0.147. The average molecular weight is 529 g/mol. The maximum absolute atomic E-state index is 11.4. The molecule has 0 spiro atoms. The Hall–Kier alpha value is -0.513. The van der Waals surface area contributed by atoms with E-state index >= 15 is 0 Å². The van der Waals surface area contributed by atoms with Crippen molar-refractivity contribution in [2.45, 2.75) is 141 Å². The van der Waals surface area contributed by atoms with Crippen LogP contribution in [0.2, 0.25) is 18.1 Å². The van der Waals surface area contributed by atoms with Gasteiger partial charge >= 0.3 is 5.97 Å². The third-order valence-electron chi connectivity index (χ3n) is 8.77. The fourth-order valence-electron chi connectivity index (χ4n) is 5.69. The van der Waals surface area contributed by atoms with Crippen molar-refractivity contribution >= 4 is 14.3 Å². The highest BCUT2D eigenvalue weighted by Gasteiger charge is 2.53. The molecule has 0 N–H and O–H groups in total. The SMILES string of the molecule is COC(=O)CCCCCC[C@@H]1[C@@H](C2COC(C)O2)[C@H](OC2CCCCO2)C[C@@H]1O[Si](C)(C)C(C)(C)C. The van der Waals surface area contributed by atoms with E-state index in [0.29, 0.717) is 18.9 Å². The summed E-state index contributed by atoms with van der Waals surface area (Å²) < 4.78 is 36.7. The Labute approximate surface area is 220 Å².